The molecule has 102 valence electrons. The molecule has 0 aliphatic heterocycles. The van der Waals surface area contributed by atoms with Crippen LogP contribution in [0.2, 0.25) is 5.02 Å². The highest BCUT2D eigenvalue weighted by Gasteiger charge is 2.08. The van der Waals surface area contributed by atoms with Gasteiger partial charge in [-0.2, -0.15) is 11.3 Å². The molecule has 19 heavy (non-hydrogen) atoms. The van der Waals surface area contributed by atoms with Crippen molar-refractivity contribution in [3.8, 4) is 0 Å². The fraction of sp³-hybridized carbons (Fsp3) is 0.333. The van der Waals surface area contributed by atoms with Gasteiger partial charge in [-0.05, 0) is 46.6 Å². The molecule has 1 N–H and O–H groups in total. The molecule has 0 saturated heterocycles. The van der Waals surface area contributed by atoms with Gasteiger partial charge in [-0.15, -0.1) is 0 Å². The van der Waals surface area contributed by atoms with Crippen molar-refractivity contribution >= 4 is 28.6 Å². The fourth-order valence-electron chi connectivity index (χ4n) is 1.98. The molecule has 0 atom stereocenters. The summed E-state index contributed by atoms with van der Waals surface area (Å²) in [6.45, 7) is 4.82. The van der Waals surface area contributed by atoms with Crippen LogP contribution in [0.25, 0.3) is 0 Å². The molecule has 2 nitrogen and oxygen atoms in total. The Morgan fingerprint density at radius 3 is 2.74 bits per heavy atom. The molecule has 0 spiro atoms. The maximum atomic E-state index is 6.38. The topological polar surface area (TPSA) is 15.3 Å². The maximum absolute atomic E-state index is 6.38. The average Bonchev–Trinajstić information content (AvgIpc) is 2.89. The van der Waals surface area contributed by atoms with Crippen molar-refractivity contribution < 1.29 is 0 Å². The standard InChI is InChI=1S/C15H19ClN2S/c1-3-17-9-12-4-5-15(14(16)8-12)18(2)10-13-6-7-19-11-13/h4-8,11,17H,3,9-10H2,1-2H3. The van der Waals surface area contributed by atoms with Crippen molar-refractivity contribution in [1.82, 2.24) is 5.32 Å². The minimum atomic E-state index is 0.813. The fourth-order valence-corrected chi connectivity index (χ4v) is 2.99. The van der Waals surface area contributed by atoms with E-state index in [-0.39, 0.29) is 0 Å². The Labute approximate surface area is 124 Å². The monoisotopic (exact) mass is 294 g/mol. The minimum absolute atomic E-state index is 0.813. The zero-order valence-corrected chi connectivity index (χ0v) is 12.9. The van der Waals surface area contributed by atoms with Crippen molar-refractivity contribution in [2.75, 3.05) is 18.5 Å². The van der Waals surface area contributed by atoms with E-state index in [0.29, 0.717) is 0 Å². The van der Waals surface area contributed by atoms with E-state index in [4.69, 9.17) is 11.6 Å². The molecule has 0 aliphatic rings. The van der Waals surface area contributed by atoms with Gasteiger partial charge < -0.3 is 10.2 Å². The number of nitrogens with zero attached hydrogens (tertiary/aromatic N) is 1. The molecule has 2 aromatic rings. The molecule has 1 heterocycles. The minimum Gasteiger partial charge on any atom is -0.369 e. The molecule has 0 amide bonds. The van der Waals surface area contributed by atoms with Crippen molar-refractivity contribution in [2.24, 2.45) is 0 Å². The van der Waals surface area contributed by atoms with Crippen molar-refractivity contribution in [3.63, 3.8) is 0 Å². The van der Waals surface area contributed by atoms with Gasteiger partial charge in [0.05, 0.1) is 10.7 Å². The zero-order chi connectivity index (χ0) is 13.7. The second-order valence-electron chi connectivity index (χ2n) is 4.55. The van der Waals surface area contributed by atoms with Crippen molar-refractivity contribution in [3.05, 3.63) is 51.2 Å². The van der Waals surface area contributed by atoms with Gasteiger partial charge in [-0.3, -0.25) is 0 Å². The lowest BCUT2D eigenvalue weighted by Crippen LogP contribution is -2.17. The van der Waals surface area contributed by atoms with Gasteiger partial charge in [0.15, 0.2) is 0 Å². The van der Waals surface area contributed by atoms with Crippen LogP contribution >= 0.6 is 22.9 Å². The van der Waals surface area contributed by atoms with Crippen molar-refractivity contribution in [1.29, 1.82) is 0 Å². The van der Waals surface area contributed by atoms with Gasteiger partial charge in [-0.1, -0.05) is 24.6 Å². The molecule has 0 bridgehead atoms. The molecular formula is C15H19ClN2S. The Morgan fingerprint density at radius 2 is 2.11 bits per heavy atom. The number of rotatable bonds is 6. The van der Waals surface area contributed by atoms with Gasteiger partial charge in [0.1, 0.15) is 0 Å². The normalized spacial score (nSPS) is 10.7. The summed E-state index contributed by atoms with van der Waals surface area (Å²) in [5, 5.41) is 8.39. The van der Waals surface area contributed by atoms with Gasteiger partial charge in [0.25, 0.3) is 0 Å². The highest BCUT2D eigenvalue weighted by molar-refractivity contribution is 7.07. The summed E-state index contributed by atoms with van der Waals surface area (Å²) in [5.41, 5.74) is 3.62. The van der Waals surface area contributed by atoms with E-state index in [9.17, 15) is 0 Å². The molecule has 1 aromatic carbocycles. The number of hydrogen-bond donors (Lipinski definition) is 1. The second kappa shape index (κ2) is 6.94. The summed E-state index contributed by atoms with van der Waals surface area (Å²) in [6.07, 6.45) is 0. The predicted octanol–water partition coefficient (Wildman–Crippen LogP) is 4.15. The molecule has 0 radical (unpaired) electrons. The smallest absolute Gasteiger partial charge is 0.0642 e. The molecule has 0 aliphatic carbocycles. The molecule has 1 aromatic heterocycles. The Morgan fingerprint density at radius 1 is 1.26 bits per heavy atom. The van der Waals surface area contributed by atoms with E-state index in [1.54, 1.807) is 11.3 Å². The van der Waals surface area contributed by atoms with E-state index in [1.807, 2.05) is 6.07 Å². The first kappa shape index (κ1) is 14.4. The van der Waals surface area contributed by atoms with Crippen LogP contribution in [0.15, 0.2) is 35.0 Å². The lowest BCUT2D eigenvalue weighted by molar-refractivity contribution is 0.727. The Balaban J connectivity index is 2.07. The van der Waals surface area contributed by atoms with Crippen molar-refractivity contribution in [2.45, 2.75) is 20.0 Å². The predicted molar refractivity (Wildman–Crippen MR) is 85.3 cm³/mol. The molecule has 4 heteroatoms. The molecule has 0 saturated carbocycles. The largest absolute Gasteiger partial charge is 0.369 e. The lowest BCUT2D eigenvalue weighted by Gasteiger charge is -2.20. The number of anilines is 1. The Hall–Kier alpha value is -1.03. The van der Waals surface area contributed by atoms with E-state index >= 15 is 0 Å². The van der Waals surface area contributed by atoms with Crippen LogP contribution in [0.4, 0.5) is 5.69 Å². The highest BCUT2D eigenvalue weighted by Crippen LogP contribution is 2.27. The Bertz CT molecular complexity index is 511. The third-order valence-corrected chi connectivity index (χ3v) is 4.04. The highest BCUT2D eigenvalue weighted by atomic mass is 35.5. The summed E-state index contributed by atoms with van der Waals surface area (Å²) in [5.74, 6) is 0. The lowest BCUT2D eigenvalue weighted by atomic mass is 10.2. The van der Waals surface area contributed by atoms with Crippen LogP contribution in [0.5, 0.6) is 0 Å². The van der Waals surface area contributed by atoms with Crippen LogP contribution < -0.4 is 10.2 Å². The van der Waals surface area contributed by atoms with Gasteiger partial charge in [0.2, 0.25) is 0 Å². The molecule has 0 unspecified atom stereocenters. The number of thiophene rings is 1. The van der Waals surface area contributed by atoms with Crippen LogP contribution in [0.3, 0.4) is 0 Å². The van der Waals surface area contributed by atoms with E-state index in [2.05, 4.69) is 53.1 Å². The maximum Gasteiger partial charge on any atom is 0.0642 e. The number of nitrogens with one attached hydrogen (secondary N) is 1. The quantitative estimate of drug-likeness (QED) is 0.861. The second-order valence-corrected chi connectivity index (χ2v) is 5.74. The van der Waals surface area contributed by atoms with Crippen LogP contribution in [-0.2, 0) is 13.1 Å². The summed E-state index contributed by atoms with van der Waals surface area (Å²) in [4.78, 5) is 2.18. The van der Waals surface area contributed by atoms with Gasteiger partial charge in [-0.25, -0.2) is 0 Å². The number of hydrogen-bond acceptors (Lipinski definition) is 3. The van der Waals surface area contributed by atoms with Crippen LogP contribution in [0, 0.1) is 0 Å². The van der Waals surface area contributed by atoms with Gasteiger partial charge >= 0.3 is 0 Å². The third-order valence-electron chi connectivity index (χ3n) is 3.00. The summed E-state index contributed by atoms with van der Waals surface area (Å²) in [7, 11) is 2.07. The third kappa shape index (κ3) is 3.96. The first-order valence-electron chi connectivity index (χ1n) is 6.42. The zero-order valence-electron chi connectivity index (χ0n) is 11.3. The van der Waals surface area contributed by atoms with E-state index in [1.165, 1.54) is 11.1 Å². The summed E-state index contributed by atoms with van der Waals surface area (Å²) in [6, 6.07) is 8.42. The molecular weight excluding hydrogens is 276 g/mol. The van der Waals surface area contributed by atoms with Gasteiger partial charge in [0, 0.05) is 20.1 Å². The van der Waals surface area contributed by atoms with E-state index < -0.39 is 0 Å². The first-order valence-corrected chi connectivity index (χ1v) is 7.74. The number of benzene rings is 1. The average molecular weight is 295 g/mol. The summed E-state index contributed by atoms with van der Waals surface area (Å²) >= 11 is 8.10. The number of halogens is 1. The summed E-state index contributed by atoms with van der Waals surface area (Å²) < 4.78 is 0. The first-order chi connectivity index (χ1) is 9.20. The Kier molecular flexibility index (Phi) is 5.25. The van der Waals surface area contributed by atoms with Crippen LogP contribution in [-0.4, -0.2) is 13.6 Å². The SMILES string of the molecule is CCNCc1ccc(N(C)Cc2ccsc2)c(Cl)c1. The van der Waals surface area contributed by atoms with E-state index in [0.717, 1.165) is 30.3 Å². The molecule has 0 fully saturated rings. The van der Waals surface area contributed by atoms with Crippen LogP contribution in [0.1, 0.15) is 18.1 Å². The molecule has 2 rings (SSSR count).